The molecule has 1 N–H and O–H groups in total. The fourth-order valence-corrected chi connectivity index (χ4v) is 3.47. The van der Waals surface area contributed by atoms with Crippen LogP contribution in [0.3, 0.4) is 0 Å². The predicted octanol–water partition coefficient (Wildman–Crippen LogP) is 2.07. The molecular formula is C18H21NO5S. The Morgan fingerprint density at radius 3 is 2.16 bits per heavy atom. The maximum atomic E-state index is 12.5. The number of esters is 1. The third-order valence-corrected chi connectivity index (χ3v) is 5.20. The standard InChI is InChI=1S/C18H21NO5S/c1-13-4-10-16(11-5-13)25(21,22)19-17(18(20)24-3)12-14-6-8-15(23-2)9-7-14/h4-11,17,19H,12H2,1-3H3/t17-/m1/s1. The molecule has 0 unspecified atom stereocenters. The molecule has 0 fully saturated rings. The average Bonchev–Trinajstić information content (AvgIpc) is 2.61. The summed E-state index contributed by atoms with van der Waals surface area (Å²) in [5, 5.41) is 0. The van der Waals surface area contributed by atoms with Crippen molar-refractivity contribution in [1.29, 1.82) is 0 Å². The second-order valence-electron chi connectivity index (χ2n) is 5.56. The summed E-state index contributed by atoms with van der Waals surface area (Å²) in [5.74, 6) is 0.0325. The van der Waals surface area contributed by atoms with Crippen molar-refractivity contribution in [3.63, 3.8) is 0 Å². The normalized spacial score (nSPS) is 12.4. The molecular weight excluding hydrogens is 342 g/mol. The van der Waals surface area contributed by atoms with Crippen LogP contribution < -0.4 is 9.46 Å². The van der Waals surface area contributed by atoms with Crippen LogP contribution in [0.15, 0.2) is 53.4 Å². The van der Waals surface area contributed by atoms with E-state index in [1.807, 2.05) is 6.92 Å². The molecule has 0 spiro atoms. The Labute approximate surface area is 147 Å². The lowest BCUT2D eigenvalue weighted by atomic mass is 10.1. The van der Waals surface area contributed by atoms with Crippen molar-refractivity contribution in [2.45, 2.75) is 24.3 Å². The van der Waals surface area contributed by atoms with Crippen molar-refractivity contribution < 1.29 is 22.7 Å². The number of nitrogens with one attached hydrogen (secondary N) is 1. The average molecular weight is 363 g/mol. The Morgan fingerprint density at radius 2 is 1.64 bits per heavy atom. The van der Waals surface area contributed by atoms with Crippen molar-refractivity contribution >= 4 is 16.0 Å². The van der Waals surface area contributed by atoms with E-state index in [4.69, 9.17) is 9.47 Å². The number of hydrogen-bond donors (Lipinski definition) is 1. The summed E-state index contributed by atoms with van der Waals surface area (Å²) in [4.78, 5) is 12.1. The third-order valence-electron chi connectivity index (χ3n) is 3.71. The zero-order valence-corrected chi connectivity index (χ0v) is 15.2. The third kappa shape index (κ3) is 5.04. The highest BCUT2D eigenvalue weighted by Gasteiger charge is 2.26. The van der Waals surface area contributed by atoms with Gasteiger partial charge in [-0.15, -0.1) is 0 Å². The lowest BCUT2D eigenvalue weighted by Crippen LogP contribution is -2.42. The molecule has 2 rings (SSSR count). The molecule has 6 nitrogen and oxygen atoms in total. The Kier molecular flexibility index (Phi) is 6.17. The van der Waals surface area contributed by atoms with Gasteiger partial charge in [0.25, 0.3) is 0 Å². The molecule has 2 aromatic rings. The number of sulfonamides is 1. The van der Waals surface area contributed by atoms with Crippen molar-refractivity contribution in [2.75, 3.05) is 14.2 Å². The van der Waals surface area contributed by atoms with E-state index in [1.54, 1.807) is 43.5 Å². The van der Waals surface area contributed by atoms with E-state index >= 15 is 0 Å². The van der Waals surface area contributed by atoms with Crippen LogP contribution in [0.1, 0.15) is 11.1 Å². The number of hydrogen-bond acceptors (Lipinski definition) is 5. The maximum absolute atomic E-state index is 12.5. The fraction of sp³-hybridized carbons (Fsp3) is 0.278. The second-order valence-corrected chi connectivity index (χ2v) is 7.28. The summed E-state index contributed by atoms with van der Waals surface area (Å²) in [6.45, 7) is 1.87. The van der Waals surface area contributed by atoms with Crippen LogP contribution in [0.25, 0.3) is 0 Å². The van der Waals surface area contributed by atoms with Crippen molar-refractivity contribution in [3.05, 3.63) is 59.7 Å². The minimum absolute atomic E-state index is 0.0988. The first-order valence-electron chi connectivity index (χ1n) is 7.65. The minimum Gasteiger partial charge on any atom is -0.497 e. The minimum atomic E-state index is -3.84. The van der Waals surface area contributed by atoms with Gasteiger partial charge in [-0.1, -0.05) is 29.8 Å². The van der Waals surface area contributed by atoms with Gasteiger partial charge < -0.3 is 9.47 Å². The molecule has 0 saturated heterocycles. The van der Waals surface area contributed by atoms with Gasteiger partial charge in [-0.3, -0.25) is 4.79 Å². The van der Waals surface area contributed by atoms with E-state index in [9.17, 15) is 13.2 Å². The quantitative estimate of drug-likeness (QED) is 0.762. The lowest BCUT2D eigenvalue weighted by molar-refractivity contribution is -0.142. The van der Waals surface area contributed by atoms with Crippen LogP contribution in [-0.2, 0) is 26.0 Å². The molecule has 0 saturated carbocycles. The number of rotatable bonds is 7. The highest BCUT2D eigenvalue weighted by atomic mass is 32.2. The van der Waals surface area contributed by atoms with Crippen LogP contribution in [-0.4, -0.2) is 34.6 Å². The van der Waals surface area contributed by atoms with E-state index in [-0.39, 0.29) is 11.3 Å². The number of aryl methyl sites for hydroxylation is 1. The van der Waals surface area contributed by atoms with Gasteiger partial charge in [-0.2, -0.15) is 4.72 Å². The summed E-state index contributed by atoms with van der Waals surface area (Å²) in [5.41, 5.74) is 1.73. The Hall–Kier alpha value is -2.38. The zero-order valence-electron chi connectivity index (χ0n) is 14.4. The number of benzene rings is 2. The molecule has 0 heterocycles. The first-order valence-corrected chi connectivity index (χ1v) is 9.14. The number of carbonyl (C=O) groups is 1. The van der Waals surface area contributed by atoms with Crippen LogP contribution in [0.4, 0.5) is 0 Å². The highest BCUT2D eigenvalue weighted by molar-refractivity contribution is 7.89. The van der Waals surface area contributed by atoms with Crippen molar-refractivity contribution in [2.24, 2.45) is 0 Å². The first-order chi connectivity index (χ1) is 11.9. The first kappa shape index (κ1) is 19.0. The largest absolute Gasteiger partial charge is 0.497 e. The topological polar surface area (TPSA) is 81.7 Å². The van der Waals surface area contributed by atoms with Gasteiger partial charge >= 0.3 is 5.97 Å². The second kappa shape index (κ2) is 8.13. The molecule has 0 bridgehead atoms. The number of ether oxygens (including phenoxy) is 2. The van der Waals surface area contributed by atoms with E-state index in [0.29, 0.717) is 5.75 Å². The molecule has 0 aliphatic rings. The monoisotopic (exact) mass is 363 g/mol. The molecule has 25 heavy (non-hydrogen) atoms. The van der Waals surface area contributed by atoms with Gasteiger partial charge in [0.15, 0.2) is 0 Å². The molecule has 2 aromatic carbocycles. The van der Waals surface area contributed by atoms with Gasteiger partial charge in [0.2, 0.25) is 10.0 Å². The number of carbonyl (C=O) groups excluding carboxylic acids is 1. The van der Waals surface area contributed by atoms with Gasteiger partial charge in [0.05, 0.1) is 19.1 Å². The van der Waals surface area contributed by atoms with Crippen molar-refractivity contribution in [3.8, 4) is 5.75 Å². The van der Waals surface area contributed by atoms with E-state index in [2.05, 4.69) is 4.72 Å². The Balaban J connectivity index is 2.21. The molecule has 0 aliphatic carbocycles. The molecule has 0 radical (unpaired) electrons. The smallest absolute Gasteiger partial charge is 0.324 e. The van der Waals surface area contributed by atoms with E-state index < -0.39 is 22.0 Å². The molecule has 7 heteroatoms. The van der Waals surface area contributed by atoms with Gasteiger partial charge in [0.1, 0.15) is 11.8 Å². The summed E-state index contributed by atoms with van der Waals surface area (Å²) >= 11 is 0. The zero-order chi connectivity index (χ0) is 18.4. The Morgan fingerprint density at radius 1 is 1.04 bits per heavy atom. The molecule has 1 atom stereocenters. The SMILES string of the molecule is COC(=O)[C@@H](Cc1ccc(OC)cc1)NS(=O)(=O)c1ccc(C)cc1. The van der Waals surface area contributed by atoms with E-state index in [0.717, 1.165) is 11.1 Å². The highest BCUT2D eigenvalue weighted by Crippen LogP contribution is 2.15. The molecule has 0 aromatic heterocycles. The van der Waals surface area contributed by atoms with Crippen molar-refractivity contribution in [1.82, 2.24) is 4.72 Å². The van der Waals surface area contributed by atoms with Gasteiger partial charge in [-0.05, 0) is 43.2 Å². The summed E-state index contributed by atoms with van der Waals surface area (Å²) in [6.07, 6.45) is 0.168. The van der Waals surface area contributed by atoms with Crippen LogP contribution in [0.5, 0.6) is 5.75 Å². The van der Waals surface area contributed by atoms with Crippen LogP contribution >= 0.6 is 0 Å². The van der Waals surface area contributed by atoms with Crippen LogP contribution in [0, 0.1) is 6.92 Å². The lowest BCUT2D eigenvalue weighted by Gasteiger charge is -2.17. The molecule has 134 valence electrons. The van der Waals surface area contributed by atoms with Crippen LogP contribution in [0.2, 0.25) is 0 Å². The summed E-state index contributed by atoms with van der Waals surface area (Å²) in [6, 6.07) is 12.4. The fourth-order valence-electron chi connectivity index (χ4n) is 2.29. The molecule has 0 amide bonds. The summed E-state index contributed by atoms with van der Waals surface area (Å²) < 4.78 is 37.3. The number of methoxy groups -OCH3 is 2. The van der Waals surface area contributed by atoms with Gasteiger partial charge in [-0.25, -0.2) is 8.42 Å². The molecule has 0 aliphatic heterocycles. The maximum Gasteiger partial charge on any atom is 0.324 e. The Bertz CT molecular complexity index is 814. The van der Waals surface area contributed by atoms with E-state index in [1.165, 1.54) is 19.2 Å². The predicted molar refractivity (Wildman–Crippen MR) is 94.0 cm³/mol. The van der Waals surface area contributed by atoms with Gasteiger partial charge in [0, 0.05) is 0 Å². The summed E-state index contributed by atoms with van der Waals surface area (Å²) in [7, 11) is -1.06.